The summed E-state index contributed by atoms with van der Waals surface area (Å²) in [5.41, 5.74) is 1.82. The average molecular weight is 336 g/mol. The molecule has 0 fully saturated rings. The Hall–Kier alpha value is -3.08. The number of fused-ring (bicyclic) bond motifs is 1. The first-order valence-electron chi connectivity index (χ1n) is 8.30. The summed E-state index contributed by atoms with van der Waals surface area (Å²) in [5, 5.41) is 6.31. The highest BCUT2D eigenvalue weighted by atomic mass is 16.3. The first-order valence-corrected chi connectivity index (χ1v) is 8.30. The molecule has 0 aliphatic rings. The van der Waals surface area contributed by atoms with Crippen LogP contribution in [0.2, 0.25) is 0 Å². The molecule has 0 atom stereocenters. The van der Waals surface area contributed by atoms with Crippen LogP contribution >= 0.6 is 0 Å². The quantitative estimate of drug-likeness (QED) is 0.537. The summed E-state index contributed by atoms with van der Waals surface area (Å²) in [6, 6.07) is 19.3. The van der Waals surface area contributed by atoms with Crippen molar-refractivity contribution in [2.75, 3.05) is 6.54 Å². The van der Waals surface area contributed by atoms with Crippen molar-refractivity contribution in [2.24, 2.45) is 0 Å². The van der Waals surface area contributed by atoms with Crippen LogP contribution < -0.4 is 10.6 Å². The minimum absolute atomic E-state index is 0.339. The molecule has 2 aromatic carbocycles. The zero-order chi connectivity index (χ0) is 17.5. The predicted molar refractivity (Wildman–Crippen MR) is 95.8 cm³/mol. The molecule has 2 amide bonds. The van der Waals surface area contributed by atoms with Crippen LogP contribution in [0.4, 0.5) is 0 Å². The van der Waals surface area contributed by atoms with E-state index in [1.165, 1.54) is 0 Å². The van der Waals surface area contributed by atoms with Gasteiger partial charge in [-0.3, -0.25) is 9.59 Å². The maximum absolute atomic E-state index is 11.8. The van der Waals surface area contributed by atoms with Crippen LogP contribution in [-0.2, 0) is 22.6 Å². The lowest BCUT2D eigenvalue weighted by molar-refractivity contribution is -0.139. The van der Waals surface area contributed by atoms with Gasteiger partial charge in [-0.05, 0) is 24.1 Å². The molecule has 0 radical (unpaired) electrons. The number of hydrogen-bond acceptors (Lipinski definition) is 3. The fraction of sp³-hybridized carbons (Fsp3) is 0.200. The summed E-state index contributed by atoms with van der Waals surface area (Å²) in [6.45, 7) is 0.765. The van der Waals surface area contributed by atoms with Gasteiger partial charge < -0.3 is 15.1 Å². The van der Waals surface area contributed by atoms with Gasteiger partial charge in [0.15, 0.2) is 0 Å². The molecule has 0 unspecified atom stereocenters. The van der Waals surface area contributed by atoms with Crippen LogP contribution in [-0.4, -0.2) is 18.4 Å². The third-order valence-electron chi connectivity index (χ3n) is 3.86. The highest BCUT2D eigenvalue weighted by Gasteiger charge is 2.12. The molecule has 2 N–H and O–H groups in total. The largest absolute Gasteiger partial charge is 0.461 e. The van der Waals surface area contributed by atoms with Crippen molar-refractivity contribution in [3.63, 3.8) is 0 Å². The average Bonchev–Trinajstić information content (AvgIpc) is 3.06. The van der Waals surface area contributed by atoms with Gasteiger partial charge in [-0.25, -0.2) is 0 Å². The van der Waals surface area contributed by atoms with E-state index in [1.54, 1.807) is 0 Å². The van der Waals surface area contributed by atoms with Crippen LogP contribution in [0.15, 0.2) is 65.1 Å². The van der Waals surface area contributed by atoms with E-state index in [1.807, 2.05) is 60.7 Å². The summed E-state index contributed by atoms with van der Waals surface area (Å²) < 4.78 is 5.72. The topological polar surface area (TPSA) is 71.3 Å². The Labute approximate surface area is 146 Å². The molecular formula is C20H20N2O3. The van der Waals surface area contributed by atoms with Crippen LogP contribution in [0.25, 0.3) is 11.0 Å². The van der Waals surface area contributed by atoms with Crippen molar-refractivity contribution in [3.8, 4) is 0 Å². The standard InChI is InChI=1S/C20H20N2O3/c23-19(20(24)22-14-15-7-2-1-3-8-15)21-12-6-10-17-13-16-9-4-5-11-18(16)25-17/h1-5,7-9,11,13H,6,10,12,14H2,(H,21,23)(H,22,24). The third-order valence-corrected chi connectivity index (χ3v) is 3.86. The number of para-hydroxylation sites is 1. The molecule has 0 saturated carbocycles. The zero-order valence-electron chi connectivity index (χ0n) is 13.8. The lowest BCUT2D eigenvalue weighted by Gasteiger charge is -2.06. The van der Waals surface area contributed by atoms with Crippen LogP contribution in [0, 0.1) is 0 Å². The predicted octanol–water partition coefficient (Wildman–Crippen LogP) is 2.80. The molecular weight excluding hydrogens is 316 g/mol. The lowest BCUT2D eigenvalue weighted by Crippen LogP contribution is -2.40. The molecule has 0 aliphatic carbocycles. The molecule has 3 aromatic rings. The van der Waals surface area contributed by atoms with Gasteiger partial charge in [-0.1, -0.05) is 48.5 Å². The lowest BCUT2D eigenvalue weighted by atomic mass is 10.2. The molecule has 0 spiro atoms. The van der Waals surface area contributed by atoms with E-state index in [-0.39, 0.29) is 0 Å². The van der Waals surface area contributed by atoms with E-state index in [2.05, 4.69) is 10.6 Å². The minimum Gasteiger partial charge on any atom is -0.461 e. The van der Waals surface area contributed by atoms with Crippen molar-refractivity contribution >= 4 is 22.8 Å². The van der Waals surface area contributed by atoms with E-state index in [9.17, 15) is 9.59 Å². The molecule has 0 aliphatic heterocycles. The highest BCUT2D eigenvalue weighted by molar-refractivity contribution is 6.35. The summed E-state index contributed by atoms with van der Waals surface area (Å²) in [6.07, 6.45) is 1.41. The van der Waals surface area contributed by atoms with Crippen LogP contribution in [0.5, 0.6) is 0 Å². The number of hydrogen-bond donors (Lipinski definition) is 2. The Bertz CT molecular complexity index is 823. The molecule has 1 aromatic heterocycles. The van der Waals surface area contributed by atoms with Gasteiger partial charge in [0.25, 0.3) is 0 Å². The molecule has 3 rings (SSSR count). The summed E-state index contributed by atoms with van der Waals surface area (Å²) in [7, 11) is 0. The monoisotopic (exact) mass is 336 g/mol. The molecule has 5 nitrogen and oxygen atoms in total. The van der Waals surface area contributed by atoms with Gasteiger partial charge in [0, 0.05) is 24.9 Å². The minimum atomic E-state index is -0.618. The van der Waals surface area contributed by atoms with Crippen molar-refractivity contribution < 1.29 is 14.0 Å². The molecule has 0 bridgehead atoms. The van der Waals surface area contributed by atoms with Crippen molar-refractivity contribution in [1.82, 2.24) is 10.6 Å². The summed E-state index contributed by atoms with van der Waals surface area (Å²) >= 11 is 0. The number of rotatable bonds is 6. The van der Waals surface area contributed by atoms with Crippen LogP contribution in [0.1, 0.15) is 17.7 Å². The summed E-state index contributed by atoms with van der Waals surface area (Å²) in [4.78, 5) is 23.5. The molecule has 25 heavy (non-hydrogen) atoms. The fourth-order valence-corrected chi connectivity index (χ4v) is 2.56. The second-order valence-electron chi connectivity index (χ2n) is 5.78. The Morgan fingerprint density at radius 2 is 1.60 bits per heavy atom. The maximum atomic E-state index is 11.8. The van der Waals surface area contributed by atoms with Crippen LogP contribution in [0.3, 0.4) is 0 Å². The summed E-state index contributed by atoms with van der Waals surface area (Å²) in [5.74, 6) is -0.350. The van der Waals surface area contributed by atoms with E-state index in [0.717, 1.165) is 22.3 Å². The van der Waals surface area contributed by atoms with E-state index >= 15 is 0 Å². The Morgan fingerprint density at radius 3 is 2.40 bits per heavy atom. The number of benzene rings is 2. The number of carbonyl (C=O) groups excluding carboxylic acids is 2. The number of furan rings is 1. The zero-order valence-corrected chi connectivity index (χ0v) is 13.8. The first kappa shape index (κ1) is 16.8. The van der Waals surface area contributed by atoms with Crippen molar-refractivity contribution in [1.29, 1.82) is 0 Å². The number of aryl methyl sites for hydroxylation is 1. The van der Waals surface area contributed by atoms with Gasteiger partial charge in [-0.2, -0.15) is 0 Å². The Morgan fingerprint density at radius 1 is 0.880 bits per heavy atom. The highest BCUT2D eigenvalue weighted by Crippen LogP contribution is 2.19. The van der Waals surface area contributed by atoms with Gasteiger partial charge in [-0.15, -0.1) is 0 Å². The van der Waals surface area contributed by atoms with E-state index in [4.69, 9.17) is 4.42 Å². The normalized spacial score (nSPS) is 10.6. The third kappa shape index (κ3) is 4.70. The first-order chi connectivity index (χ1) is 12.2. The maximum Gasteiger partial charge on any atom is 0.309 e. The second-order valence-corrected chi connectivity index (χ2v) is 5.78. The Kier molecular flexibility index (Phi) is 5.46. The smallest absolute Gasteiger partial charge is 0.309 e. The van der Waals surface area contributed by atoms with Crippen molar-refractivity contribution in [2.45, 2.75) is 19.4 Å². The van der Waals surface area contributed by atoms with Gasteiger partial charge in [0.05, 0.1) is 0 Å². The molecule has 0 saturated heterocycles. The molecule has 128 valence electrons. The SMILES string of the molecule is O=C(NCCCc1cc2ccccc2o1)C(=O)NCc1ccccc1. The van der Waals surface area contributed by atoms with E-state index in [0.29, 0.717) is 25.9 Å². The number of nitrogens with one attached hydrogen (secondary N) is 2. The van der Waals surface area contributed by atoms with E-state index < -0.39 is 11.8 Å². The Balaban J connectivity index is 1.37. The van der Waals surface area contributed by atoms with Gasteiger partial charge in [0.1, 0.15) is 11.3 Å². The fourth-order valence-electron chi connectivity index (χ4n) is 2.56. The van der Waals surface area contributed by atoms with Gasteiger partial charge >= 0.3 is 11.8 Å². The molecule has 1 heterocycles. The van der Waals surface area contributed by atoms with Gasteiger partial charge in [0.2, 0.25) is 0 Å². The number of carbonyl (C=O) groups is 2. The van der Waals surface area contributed by atoms with Crippen molar-refractivity contribution in [3.05, 3.63) is 72.0 Å². The number of amides is 2. The second kappa shape index (κ2) is 8.15. The molecule has 5 heteroatoms.